The van der Waals surface area contributed by atoms with E-state index < -0.39 is 17.8 Å². The summed E-state index contributed by atoms with van der Waals surface area (Å²) in [5, 5.41) is 2.25. The molecule has 1 N–H and O–H groups in total. The summed E-state index contributed by atoms with van der Waals surface area (Å²) in [5.41, 5.74) is 2.52. The molecule has 0 atom stereocenters. The van der Waals surface area contributed by atoms with Crippen LogP contribution in [-0.4, -0.2) is 25.0 Å². The zero-order chi connectivity index (χ0) is 27.9. The molecule has 0 radical (unpaired) electrons. The number of hydrogen-bond donors (Lipinski definition) is 1. The minimum atomic E-state index is -0.833. The maximum absolute atomic E-state index is 13.4. The molecule has 0 aromatic heterocycles. The van der Waals surface area contributed by atoms with Crippen LogP contribution in [0.4, 0.5) is 10.5 Å². The first kappa shape index (κ1) is 26.2. The maximum atomic E-state index is 13.4. The van der Waals surface area contributed by atoms with Crippen LogP contribution in [0.2, 0.25) is 0 Å². The Morgan fingerprint density at radius 2 is 1.32 bits per heavy atom. The van der Waals surface area contributed by atoms with E-state index in [1.807, 2.05) is 60.7 Å². The topological polar surface area (TPSA) is 94.2 Å². The first-order chi connectivity index (χ1) is 19.5. The van der Waals surface area contributed by atoms with Crippen molar-refractivity contribution in [3.8, 4) is 17.2 Å². The fourth-order valence-electron chi connectivity index (χ4n) is 4.10. The van der Waals surface area contributed by atoms with Crippen molar-refractivity contribution in [2.45, 2.75) is 13.2 Å². The van der Waals surface area contributed by atoms with E-state index in [1.54, 1.807) is 42.5 Å². The molecule has 1 aliphatic rings. The van der Waals surface area contributed by atoms with Crippen LogP contribution in [0, 0.1) is 0 Å². The van der Waals surface area contributed by atoms with Crippen molar-refractivity contribution < 1.29 is 28.6 Å². The van der Waals surface area contributed by atoms with Crippen LogP contribution in [0.3, 0.4) is 0 Å². The minimum absolute atomic E-state index is 0.210. The Labute approximate surface area is 231 Å². The fraction of sp³-hybridized carbons (Fsp3) is 0.0938. The summed E-state index contributed by atoms with van der Waals surface area (Å²) in [5.74, 6) is -0.00569. The number of amides is 4. The molecule has 4 amide bonds. The van der Waals surface area contributed by atoms with Gasteiger partial charge in [0.2, 0.25) is 0 Å². The van der Waals surface area contributed by atoms with Crippen LogP contribution < -0.4 is 24.4 Å². The average molecular weight is 535 g/mol. The number of urea groups is 1. The van der Waals surface area contributed by atoms with Crippen LogP contribution in [0.25, 0.3) is 6.08 Å². The minimum Gasteiger partial charge on any atom is -0.497 e. The number of barbiturate groups is 1. The van der Waals surface area contributed by atoms with Crippen molar-refractivity contribution in [1.29, 1.82) is 0 Å². The van der Waals surface area contributed by atoms with E-state index in [9.17, 15) is 14.4 Å². The SMILES string of the molecule is COc1ccc(/C=C2\C(=O)NC(=O)N(c3ccc(OCc4ccccc4)cc3)C2=O)c(OCc2ccccc2)c1. The zero-order valence-corrected chi connectivity index (χ0v) is 21.7. The predicted molar refractivity (Wildman–Crippen MR) is 150 cm³/mol. The molecule has 1 fully saturated rings. The normalized spacial score (nSPS) is 14.2. The molecule has 0 bridgehead atoms. The highest BCUT2D eigenvalue weighted by Crippen LogP contribution is 2.30. The number of carbonyl (C=O) groups is 3. The lowest BCUT2D eigenvalue weighted by molar-refractivity contribution is -0.122. The molecule has 0 unspecified atom stereocenters. The van der Waals surface area contributed by atoms with Crippen LogP contribution in [-0.2, 0) is 22.8 Å². The largest absolute Gasteiger partial charge is 0.497 e. The molecular formula is C32H26N2O6. The number of carbonyl (C=O) groups excluding carboxylic acids is 3. The summed E-state index contributed by atoms with van der Waals surface area (Å²) in [7, 11) is 1.54. The number of hydrogen-bond acceptors (Lipinski definition) is 6. The first-order valence-corrected chi connectivity index (χ1v) is 12.5. The molecule has 1 heterocycles. The lowest BCUT2D eigenvalue weighted by Gasteiger charge is -2.26. The number of nitrogens with one attached hydrogen (secondary N) is 1. The predicted octanol–water partition coefficient (Wildman–Crippen LogP) is 5.52. The Bertz CT molecular complexity index is 1550. The summed E-state index contributed by atoms with van der Waals surface area (Å²) in [6, 6.07) is 30.0. The molecule has 8 nitrogen and oxygen atoms in total. The smallest absolute Gasteiger partial charge is 0.335 e. The number of nitrogens with zero attached hydrogens (tertiary/aromatic N) is 1. The van der Waals surface area contributed by atoms with Gasteiger partial charge in [-0.1, -0.05) is 60.7 Å². The Morgan fingerprint density at radius 3 is 1.95 bits per heavy atom. The lowest BCUT2D eigenvalue weighted by atomic mass is 10.1. The Morgan fingerprint density at radius 1 is 0.725 bits per heavy atom. The van der Waals surface area contributed by atoms with Gasteiger partial charge in [-0.3, -0.25) is 14.9 Å². The Hall–Kier alpha value is -5.37. The van der Waals surface area contributed by atoms with Gasteiger partial charge in [0.15, 0.2) is 0 Å². The maximum Gasteiger partial charge on any atom is 0.335 e. The summed E-state index contributed by atoms with van der Waals surface area (Å²) < 4.78 is 17.1. The highest BCUT2D eigenvalue weighted by Gasteiger charge is 2.37. The van der Waals surface area contributed by atoms with E-state index in [0.29, 0.717) is 35.1 Å². The molecule has 40 heavy (non-hydrogen) atoms. The van der Waals surface area contributed by atoms with Gasteiger partial charge in [0.05, 0.1) is 12.8 Å². The molecule has 8 heteroatoms. The first-order valence-electron chi connectivity index (χ1n) is 12.5. The molecule has 4 aromatic rings. The molecule has 1 aliphatic heterocycles. The molecule has 0 spiro atoms. The summed E-state index contributed by atoms with van der Waals surface area (Å²) in [6.07, 6.45) is 1.41. The summed E-state index contributed by atoms with van der Waals surface area (Å²) in [4.78, 5) is 39.8. The van der Waals surface area contributed by atoms with E-state index in [0.717, 1.165) is 16.0 Å². The van der Waals surface area contributed by atoms with E-state index in [4.69, 9.17) is 14.2 Å². The molecule has 0 aliphatic carbocycles. The second kappa shape index (κ2) is 12.0. The summed E-state index contributed by atoms with van der Waals surface area (Å²) in [6.45, 7) is 0.648. The second-order valence-electron chi connectivity index (χ2n) is 8.90. The van der Waals surface area contributed by atoms with Gasteiger partial charge in [0.1, 0.15) is 36.0 Å². The Balaban J connectivity index is 1.37. The van der Waals surface area contributed by atoms with E-state index in [-0.39, 0.29) is 12.2 Å². The third kappa shape index (κ3) is 6.02. The van der Waals surface area contributed by atoms with E-state index in [2.05, 4.69) is 5.32 Å². The molecule has 200 valence electrons. The second-order valence-corrected chi connectivity index (χ2v) is 8.90. The number of ether oxygens (including phenoxy) is 3. The molecule has 5 rings (SSSR count). The van der Waals surface area contributed by atoms with Gasteiger partial charge in [-0.25, -0.2) is 9.69 Å². The summed E-state index contributed by atoms with van der Waals surface area (Å²) >= 11 is 0. The number of methoxy groups -OCH3 is 1. The quantitative estimate of drug-likeness (QED) is 0.225. The van der Waals surface area contributed by atoms with Crippen molar-refractivity contribution in [1.82, 2.24) is 5.32 Å². The van der Waals surface area contributed by atoms with E-state index in [1.165, 1.54) is 13.2 Å². The Kier molecular flexibility index (Phi) is 7.87. The van der Waals surface area contributed by atoms with Gasteiger partial charge in [-0.05, 0) is 53.6 Å². The molecular weight excluding hydrogens is 508 g/mol. The monoisotopic (exact) mass is 534 g/mol. The van der Waals surface area contributed by atoms with Crippen molar-refractivity contribution in [3.63, 3.8) is 0 Å². The van der Waals surface area contributed by atoms with Gasteiger partial charge in [-0.2, -0.15) is 0 Å². The number of imide groups is 2. The number of anilines is 1. The van der Waals surface area contributed by atoms with Crippen LogP contribution in [0.5, 0.6) is 17.2 Å². The standard InChI is InChI=1S/C32H26N2O6/c1-38-27-15-12-24(29(19-27)40-21-23-10-6-3-7-11-23)18-28-30(35)33-32(37)34(31(28)36)25-13-16-26(17-14-25)39-20-22-8-4-2-5-9-22/h2-19H,20-21H2,1H3,(H,33,35,37)/b28-18+. The van der Waals surface area contributed by atoms with Crippen LogP contribution in [0.15, 0.2) is 109 Å². The number of rotatable bonds is 9. The fourth-order valence-corrected chi connectivity index (χ4v) is 4.10. The van der Waals surface area contributed by atoms with Crippen molar-refractivity contribution in [2.24, 2.45) is 0 Å². The van der Waals surface area contributed by atoms with Gasteiger partial charge < -0.3 is 14.2 Å². The highest BCUT2D eigenvalue weighted by atomic mass is 16.5. The van der Waals surface area contributed by atoms with Crippen LogP contribution >= 0.6 is 0 Å². The zero-order valence-electron chi connectivity index (χ0n) is 21.7. The third-order valence-corrected chi connectivity index (χ3v) is 6.20. The molecule has 1 saturated heterocycles. The van der Waals surface area contributed by atoms with Gasteiger partial charge in [-0.15, -0.1) is 0 Å². The van der Waals surface area contributed by atoms with E-state index >= 15 is 0 Å². The average Bonchev–Trinajstić information content (AvgIpc) is 2.99. The van der Waals surface area contributed by atoms with Crippen LogP contribution in [0.1, 0.15) is 16.7 Å². The van der Waals surface area contributed by atoms with Crippen molar-refractivity contribution in [2.75, 3.05) is 12.0 Å². The molecule has 0 saturated carbocycles. The highest BCUT2D eigenvalue weighted by molar-refractivity contribution is 6.39. The van der Waals surface area contributed by atoms with Gasteiger partial charge >= 0.3 is 6.03 Å². The van der Waals surface area contributed by atoms with Crippen molar-refractivity contribution in [3.05, 3.63) is 125 Å². The van der Waals surface area contributed by atoms with Gasteiger partial charge in [0, 0.05) is 11.6 Å². The molecule has 4 aromatic carbocycles. The van der Waals surface area contributed by atoms with Gasteiger partial charge in [0.25, 0.3) is 11.8 Å². The lowest BCUT2D eigenvalue weighted by Crippen LogP contribution is -2.54. The third-order valence-electron chi connectivity index (χ3n) is 6.20. The number of benzene rings is 4. The van der Waals surface area contributed by atoms with Crippen molar-refractivity contribution >= 4 is 29.6 Å².